The largest absolute Gasteiger partial charge is 0.505 e. The molecule has 4 heterocycles. The normalized spacial score (nSPS) is 11.4. The van der Waals surface area contributed by atoms with Crippen molar-refractivity contribution in [1.82, 2.24) is 19.9 Å². The van der Waals surface area contributed by atoms with E-state index in [0.717, 1.165) is 54.9 Å². The predicted molar refractivity (Wildman–Crippen MR) is 159 cm³/mol. The number of aromatic hydroxyl groups is 1. The summed E-state index contributed by atoms with van der Waals surface area (Å²) in [4.78, 5) is 23.3. The molecule has 0 aliphatic rings. The van der Waals surface area contributed by atoms with Gasteiger partial charge < -0.3 is 5.11 Å². The number of aromatic nitrogens is 4. The lowest BCUT2D eigenvalue weighted by atomic mass is 9.97. The van der Waals surface area contributed by atoms with E-state index in [2.05, 4.69) is 28.3 Å². The number of pyridine rings is 4. The molecule has 0 saturated carbocycles. The smallest absolute Gasteiger partial charge is 0.151 e. The highest BCUT2D eigenvalue weighted by molar-refractivity contribution is 6.06. The van der Waals surface area contributed by atoms with Gasteiger partial charge in [-0.1, -0.05) is 61.2 Å². The van der Waals surface area contributed by atoms with Crippen molar-refractivity contribution in [2.45, 2.75) is 0 Å². The summed E-state index contributed by atoms with van der Waals surface area (Å²) < 4.78 is 0. The summed E-state index contributed by atoms with van der Waals surface area (Å²) in [5, 5.41) is 15.1. The van der Waals surface area contributed by atoms with Gasteiger partial charge >= 0.3 is 0 Å². The highest BCUT2D eigenvalue weighted by Gasteiger charge is 2.18. The summed E-state index contributed by atoms with van der Waals surface area (Å²) in [6.07, 6.45) is 5.19. The first-order chi connectivity index (χ1) is 19.2. The second-order valence-electron chi connectivity index (χ2n) is 9.26. The number of nitrogens with zero attached hydrogens (tertiary/aromatic N) is 5. The van der Waals surface area contributed by atoms with Gasteiger partial charge in [-0.15, -0.1) is 0 Å². The van der Waals surface area contributed by atoms with E-state index < -0.39 is 0 Å². The Labute approximate surface area is 223 Å². The minimum Gasteiger partial charge on any atom is -0.505 e. The fraction of sp³-hybridized carbons (Fsp3) is 0. The van der Waals surface area contributed by atoms with Crippen molar-refractivity contribution in [3.05, 3.63) is 103 Å². The third kappa shape index (κ3) is 3.54. The molecule has 0 bridgehead atoms. The van der Waals surface area contributed by atoms with E-state index in [0.29, 0.717) is 22.5 Å². The van der Waals surface area contributed by atoms with E-state index in [1.165, 1.54) is 0 Å². The number of benzene rings is 3. The van der Waals surface area contributed by atoms with Crippen molar-refractivity contribution in [2.75, 3.05) is 0 Å². The summed E-state index contributed by atoms with van der Waals surface area (Å²) in [6.45, 7) is 7.66. The molecule has 0 spiro atoms. The van der Waals surface area contributed by atoms with Crippen LogP contribution in [-0.2, 0) is 0 Å². The van der Waals surface area contributed by atoms with Crippen LogP contribution in [0, 0.1) is 0 Å². The van der Waals surface area contributed by atoms with Gasteiger partial charge in [0, 0.05) is 50.6 Å². The molecule has 184 valence electrons. The van der Waals surface area contributed by atoms with Crippen molar-refractivity contribution in [1.29, 1.82) is 0 Å². The molecule has 0 fully saturated rings. The second kappa shape index (κ2) is 8.82. The first-order valence-corrected chi connectivity index (χ1v) is 12.4. The van der Waals surface area contributed by atoms with Gasteiger partial charge in [0.1, 0.15) is 5.52 Å². The minimum absolute atomic E-state index is 0.0672. The van der Waals surface area contributed by atoms with Crippen molar-refractivity contribution in [2.24, 2.45) is 4.99 Å². The first-order valence-electron chi connectivity index (χ1n) is 12.4. The molecule has 4 aromatic heterocycles. The molecule has 7 aromatic rings. The maximum absolute atomic E-state index is 11.4. The van der Waals surface area contributed by atoms with Gasteiger partial charge in [-0.3, -0.25) is 15.0 Å². The number of rotatable bonds is 4. The van der Waals surface area contributed by atoms with Crippen molar-refractivity contribution < 1.29 is 5.11 Å². The Balaban J connectivity index is 1.51. The van der Waals surface area contributed by atoms with Gasteiger partial charge in [-0.25, -0.2) is 9.97 Å². The second-order valence-corrected chi connectivity index (χ2v) is 9.26. The highest BCUT2D eigenvalue weighted by Crippen LogP contribution is 2.41. The van der Waals surface area contributed by atoms with Crippen LogP contribution in [0.25, 0.3) is 72.2 Å². The van der Waals surface area contributed by atoms with Crippen LogP contribution in [0.15, 0.2) is 103 Å². The SMILES string of the molecule is C=Cc1ccc2ccc(-c3cc(-c4ccc5ccc6cccnc6c5n4)c(O)c4ncccc34)nc2c1N=C. The van der Waals surface area contributed by atoms with E-state index in [9.17, 15) is 5.11 Å². The molecule has 3 aromatic carbocycles. The maximum atomic E-state index is 11.4. The molecular formula is C33H21N5O. The molecular weight excluding hydrogens is 482 g/mol. The number of phenolic OH excluding ortho intramolecular Hbond substituents is 1. The van der Waals surface area contributed by atoms with Gasteiger partial charge in [0.25, 0.3) is 0 Å². The van der Waals surface area contributed by atoms with Gasteiger partial charge in [0.2, 0.25) is 0 Å². The van der Waals surface area contributed by atoms with Crippen LogP contribution in [0.3, 0.4) is 0 Å². The maximum Gasteiger partial charge on any atom is 0.151 e. The van der Waals surface area contributed by atoms with Crippen LogP contribution in [0.2, 0.25) is 0 Å². The Morgan fingerprint density at radius 3 is 2.05 bits per heavy atom. The quantitative estimate of drug-likeness (QED) is 0.195. The van der Waals surface area contributed by atoms with Crippen molar-refractivity contribution in [3.8, 4) is 28.3 Å². The van der Waals surface area contributed by atoms with Crippen LogP contribution in [0.4, 0.5) is 5.69 Å². The van der Waals surface area contributed by atoms with Crippen molar-refractivity contribution in [3.63, 3.8) is 0 Å². The van der Waals surface area contributed by atoms with Crippen molar-refractivity contribution >= 4 is 62.1 Å². The number of phenols is 1. The molecule has 0 saturated heterocycles. The molecule has 0 radical (unpaired) electrons. The average Bonchev–Trinajstić information content (AvgIpc) is 3.00. The number of hydrogen-bond donors (Lipinski definition) is 1. The van der Waals surface area contributed by atoms with Crippen LogP contribution in [0.1, 0.15) is 5.56 Å². The van der Waals surface area contributed by atoms with Crippen LogP contribution in [-0.4, -0.2) is 31.8 Å². The molecule has 1 N–H and O–H groups in total. The third-order valence-electron chi connectivity index (χ3n) is 7.09. The highest BCUT2D eigenvalue weighted by atomic mass is 16.3. The van der Waals surface area contributed by atoms with E-state index in [4.69, 9.17) is 9.97 Å². The fourth-order valence-electron chi connectivity index (χ4n) is 5.18. The fourth-order valence-corrected chi connectivity index (χ4v) is 5.18. The lowest BCUT2D eigenvalue weighted by Gasteiger charge is -2.14. The number of hydrogen-bond acceptors (Lipinski definition) is 6. The molecule has 7 rings (SSSR count). The van der Waals surface area contributed by atoms with Gasteiger partial charge in [-0.2, -0.15) is 0 Å². The molecule has 0 unspecified atom stereocenters. The molecule has 0 atom stereocenters. The lowest BCUT2D eigenvalue weighted by Crippen LogP contribution is -1.94. The van der Waals surface area contributed by atoms with Gasteiger partial charge in [0.15, 0.2) is 5.75 Å². The van der Waals surface area contributed by atoms with Gasteiger partial charge in [-0.05, 0) is 37.0 Å². The van der Waals surface area contributed by atoms with E-state index in [1.807, 2.05) is 78.9 Å². The van der Waals surface area contributed by atoms with Crippen LogP contribution in [0.5, 0.6) is 5.75 Å². The Morgan fingerprint density at radius 2 is 1.28 bits per heavy atom. The summed E-state index contributed by atoms with van der Waals surface area (Å²) in [5.41, 5.74) is 7.07. The van der Waals surface area contributed by atoms with E-state index >= 15 is 0 Å². The predicted octanol–water partition coefficient (Wildman–Crippen LogP) is 7.89. The van der Waals surface area contributed by atoms with E-state index in [1.54, 1.807) is 18.5 Å². The molecule has 6 nitrogen and oxygen atoms in total. The number of fused-ring (bicyclic) bond motifs is 5. The summed E-state index contributed by atoms with van der Waals surface area (Å²) in [5.74, 6) is 0.0672. The van der Waals surface area contributed by atoms with Gasteiger partial charge in [0.05, 0.1) is 33.6 Å². The minimum atomic E-state index is 0.0672. The Kier molecular flexibility index (Phi) is 5.13. The number of aliphatic imine (C=N–C) groups is 1. The van der Waals surface area contributed by atoms with E-state index in [-0.39, 0.29) is 5.75 Å². The standard InChI is InChI=1S/C33H21N5O/c1-3-19-8-9-21-12-14-26(37-30(21)28(19)34-2)24-18-25(33(39)32-23(24)7-5-17-36-32)27-15-13-22-11-10-20-6-4-16-35-29(20)31(22)38-27/h3-18,39H,1-2H2. The third-order valence-corrected chi connectivity index (χ3v) is 7.09. The molecule has 0 aliphatic carbocycles. The summed E-state index contributed by atoms with van der Waals surface area (Å²) >= 11 is 0. The lowest BCUT2D eigenvalue weighted by molar-refractivity contribution is 0.482. The summed E-state index contributed by atoms with van der Waals surface area (Å²) in [6, 6.07) is 25.6. The molecule has 6 heteroatoms. The zero-order valence-corrected chi connectivity index (χ0v) is 20.8. The zero-order valence-electron chi connectivity index (χ0n) is 20.8. The Morgan fingerprint density at radius 1 is 0.667 bits per heavy atom. The zero-order chi connectivity index (χ0) is 26.5. The average molecular weight is 504 g/mol. The van der Waals surface area contributed by atoms with Crippen LogP contribution < -0.4 is 0 Å². The Bertz CT molecular complexity index is 2130. The topological polar surface area (TPSA) is 84.2 Å². The monoisotopic (exact) mass is 503 g/mol. The molecule has 0 aliphatic heterocycles. The Hall–Kier alpha value is -5.49. The molecule has 0 amide bonds. The summed E-state index contributed by atoms with van der Waals surface area (Å²) in [7, 11) is 0. The van der Waals surface area contributed by atoms with Crippen LogP contribution >= 0.6 is 0 Å². The molecule has 39 heavy (non-hydrogen) atoms. The first kappa shape index (κ1) is 22.7.